The summed E-state index contributed by atoms with van der Waals surface area (Å²) >= 11 is 0. The van der Waals surface area contributed by atoms with E-state index in [4.69, 9.17) is 4.74 Å². The molecule has 1 aliphatic rings. The predicted molar refractivity (Wildman–Crippen MR) is 63.2 cm³/mol. The Balaban J connectivity index is 1.75. The lowest BCUT2D eigenvalue weighted by Gasteiger charge is -2.34. The summed E-state index contributed by atoms with van der Waals surface area (Å²) in [5.74, 6) is 1.14. The van der Waals surface area contributed by atoms with E-state index in [2.05, 4.69) is 28.0 Å². The smallest absolute Gasteiger partial charge is 0.122 e. The molecule has 4 nitrogen and oxygen atoms in total. The molecule has 1 saturated carbocycles. The minimum Gasteiger partial charge on any atom is -0.381 e. The number of imidazole rings is 1. The van der Waals surface area contributed by atoms with Crippen LogP contribution in [0.1, 0.15) is 32.0 Å². The molecule has 1 aromatic heterocycles. The minimum absolute atomic E-state index is 0.466. The first-order valence-corrected chi connectivity index (χ1v) is 6.09. The molecule has 0 bridgehead atoms. The first kappa shape index (κ1) is 11.6. The maximum Gasteiger partial charge on any atom is 0.122 e. The molecule has 0 unspecified atom stereocenters. The van der Waals surface area contributed by atoms with Gasteiger partial charge in [0.1, 0.15) is 5.82 Å². The van der Waals surface area contributed by atoms with Crippen molar-refractivity contribution in [1.82, 2.24) is 14.9 Å². The highest BCUT2D eigenvalue weighted by atomic mass is 16.5. The zero-order valence-corrected chi connectivity index (χ0v) is 10.1. The monoisotopic (exact) mass is 223 g/mol. The van der Waals surface area contributed by atoms with E-state index in [9.17, 15) is 0 Å². The number of nitrogens with one attached hydrogen (secondary N) is 1. The SMILES string of the molecule is CCCn1ccnc1CNC1CC(OC)C1. The minimum atomic E-state index is 0.466. The molecule has 1 heterocycles. The number of aromatic nitrogens is 2. The van der Waals surface area contributed by atoms with Gasteiger partial charge in [0.25, 0.3) is 0 Å². The molecule has 2 rings (SSSR count). The summed E-state index contributed by atoms with van der Waals surface area (Å²) in [5, 5.41) is 3.52. The lowest BCUT2D eigenvalue weighted by Crippen LogP contribution is -2.44. The Morgan fingerprint density at radius 1 is 1.56 bits per heavy atom. The highest BCUT2D eigenvalue weighted by Crippen LogP contribution is 2.22. The van der Waals surface area contributed by atoms with Gasteiger partial charge < -0.3 is 14.6 Å². The lowest BCUT2D eigenvalue weighted by molar-refractivity contribution is 0.0167. The summed E-state index contributed by atoms with van der Waals surface area (Å²) in [6.07, 6.45) is 7.81. The van der Waals surface area contributed by atoms with Gasteiger partial charge in [-0.2, -0.15) is 0 Å². The Morgan fingerprint density at radius 3 is 3.06 bits per heavy atom. The van der Waals surface area contributed by atoms with Gasteiger partial charge in [-0.25, -0.2) is 4.98 Å². The summed E-state index contributed by atoms with van der Waals surface area (Å²) in [4.78, 5) is 4.37. The Hall–Kier alpha value is -0.870. The molecular weight excluding hydrogens is 202 g/mol. The third kappa shape index (κ3) is 2.62. The number of ether oxygens (including phenoxy) is 1. The number of methoxy groups -OCH3 is 1. The average molecular weight is 223 g/mol. The molecule has 16 heavy (non-hydrogen) atoms. The van der Waals surface area contributed by atoms with Crippen molar-refractivity contribution in [2.24, 2.45) is 0 Å². The van der Waals surface area contributed by atoms with Crippen LogP contribution in [0.5, 0.6) is 0 Å². The second kappa shape index (κ2) is 5.46. The van der Waals surface area contributed by atoms with Crippen LogP contribution in [0.25, 0.3) is 0 Å². The molecule has 1 aromatic rings. The topological polar surface area (TPSA) is 39.1 Å². The van der Waals surface area contributed by atoms with E-state index in [1.807, 2.05) is 6.20 Å². The molecule has 0 aliphatic heterocycles. The zero-order valence-electron chi connectivity index (χ0n) is 10.1. The standard InChI is InChI=1S/C12H21N3O/c1-3-5-15-6-4-13-12(15)9-14-10-7-11(8-10)16-2/h4,6,10-11,14H,3,5,7-9H2,1-2H3. The fourth-order valence-electron chi connectivity index (χ4n) is 2.11. The summed E-state index contributed by atoms with van der Waals surface area (Å²) in [7, 11) is 1.79. The third-order valence-electron chi connectivity index (χ3n) is 3.24. The number of nitrogens with zero attached hydrogens (tertiary/aromatic N) is 2. The first-order valence-electron chi connectivity index (χ1n) is 6.09. The van der Waals surface area contributed by atoms with Crippen LogP contribution in [0, 0.1) is 0 Å². The first-order chi connectivity index (χ1) is 7.83. The van der Waals surface area contributed by atoms with Gasteiger partial charge in [0.2, 0.25) is 0 Å². The van der Waals surface area contributed by atoms with Gasteiger partial charge in [-0.05, 0) is 19.3 Å². The van der Waals surface area contributed by atoms with Crippen molar-refractivity contribution in [2.45, 2.75) is 51.4 Å². The van der Waals surface area contributed by atoms with Crippen molar-refractivity contribution in [2.75, 3.05) is 7.11 Å². The van der Waals surface area contributed by atoms with Crippen LogP contribution in [0.4, 0.5) is 0 Å². The van der Waals surface area contributed by atoms with E-state index in [1.165, 1.54) is 0 Å². The number of aryl methyl sites for hydroxylation is 1. The molecule has 4 heteroatoms. The third-order valence-corrected chi connectivity index (χ3v) is 3.24. The summed E-state index contributed by atoms with van der Waals surface area (Å²) in [6, 6.07) is 0.608. The van der Waals surface area contributed by atoms with Gasteiger partial charge in [0, 0.05) is 32.1 Å². The number of rotatable bonds is 6. The van der Waals surface area contributed by atoms with Crippen LogP contribution >= 0.6 is 0 Å². The fraction of sp³-hybridized carbons (Fsp3) is 0.750. The highest BCUT2D eigenvalue weighted by molar-refractivity contribution is 4.94. The summed E-state index contributed by atoms with van der Waals surface area (Å²) in [6.45, 7) is 4.11. The van der Waals surface area contributed by atoms with Gasteiger partial charge in [-0.3, -0.25) is 0 Å². The zero-order chi connectivity index (χ0) is 11.4. The van der Waals surface area contributed by atoms with Gasteiger partial charge in [0.05, 0.1) is 12.6 Å². The van der Waals surface area contributed by atoms with Gasteiger partial charge in [-0.15, -0.1) is 0 Å². The molecule has 0 spiro atoms. The van der Waals surface area contributed by atoms with E-state index in [-0.39, 0.29) is 0 Å². The molecule has 0 radical (unpaired) electrons. The largest absolute Gasteiger partial charge is 0.381 e. The summed E-state index contributed by atoms with van der Waals surface area (Å²) < 4.78 is 7.48. The Morgan fingerprint density at radius 2 is 2.38 bits per heavy atom. The highest BCUT2D eigenvalue weighted by Gasteiger charge is 2.28. The molecule has 1 aliphatic carbocycles. The van der Waals surface area contributed by atoms with Crippen LogP contribution < -0.4 is 5.32 Å². The normalized spacial score (nSPS) is 24.4. The fourth-order valence-corrected chi connectivity index (χ4v) is 2.11. The van der Waals surface area contributed by atoms with Gasteiger partial charge in [-0.1, -0.05) is 6.92 Å². The molecule has 0 atom stereocenters. The van der Waals surface area contributed by atoms with Crippen molar-refractivity contribution in [3.05, 3.63) is 18.2 Å². The molecule has 0 saturated heterocycles. The number of hydrogen-bond acceptors (Lipinski definition) is 3. The predicted octanol–water partition coefficient (Wildman–Crippen LogP) is 1.56. The summed E-state index contributed by atoms with van der Waals surface area (Å²) in [5.41, 5.74) is 0. The lowest BCUT2D eigenvalue weighted by atomic mass is 9.89. The molecule has 0 amide bonds. The van der Waals surface area contributed by atoms with E-state index in [0.29, 0.717) is 12.1 Å². The molecule has 90 valence electrons. The molecule has 1 N–H and O–H groups in total. The van der Waals surface area contributed by atoms with Crippen LogP contribution in [-0.4, -0.2) is 28.8 Å². The van der Waals surface area contributed by atoms with Crippen molar-refractivity contribution in [3.8, 4) is 0 Å². The van der Waals surface area contributed by atoms with Crippen molar-refractivity contribution < 1.29 is 4.74 Å². The van der Waals surface area contributed by atoms with E-state index >= 15 is 0 Å². The second-order valence-corrected chi connectivity index (χ2v) is 4.44. The Kier molecular flexibility index (Phi) is 3.96. The maximum atomic E-state index is 5.25. The van der Waals surface area contributed by atoms with Crippen molar-refractivity contribution in [3.63, 3.8) is 0 Å². The van der Waals surface area contributed by atoms with E-state index in [1.54, 1.807) is 7.11 Å². The quantitative estimate of drug-likeness (QED) is 0.795. The van der Waals surface area contributed by atoms with Crippen LogP contribution in [-0.2, 0) is 17.8 Å². The Labute approximate surface area is 97.0 Å². The average Bonchev–Trinajstić information content (AvgIpc) is 2.64. The van der Waals surface area contributed by atoms with Crippen molar-refractivity contribution in [1.29, 1.82) is 0 Å². The van der Waals surface area contributed by atoms with Gasteiger partial charge >= 0.3 is 0 Å². The van der Waals surface area contributed by atoms with Crippen LogP contribution in [0.2, 0.25) is 0 Å². The second-order valence-electron chi connectivity index (χ2n) is 4.44. The molecular formula is C12H21N3O. The van der Waals surface area contributed by atoms with Gasteiger partial charge in [0.15, 0.2) is 0 Å². The van der Waals surface area contributed by atoms with E-state index < -0.39 is 0 Å². The number of hydrogen-bond donors (Lipinski definition) is 1. The maximum absolute atomic E-state index is 5.25. The van der Waals surface area contributed by atoms with Crippen LogP contribution in [0.15, 0.2) is 12.4 Å². The Bertz CT molecular complexity index is 318. The molecule has 0 aromatic carbocycles. The van der Waals surface area contributed by atoms with Crippen molar-refractivity contribution >= 4 is 0 Å². The van der Waals surface area contributed by atoms with E-state index in [0.717, 1.165) is 38.2 Å². The molecule has 1 fully saturated rings. The van der Waals surface area contributed by atoms with Crippen LogP contribution in [0.3, 0.4) is 0 Å².